The molecule has 1 amide bonds. The average molecular weight is 216 g/mol. The van der Waals surface area contributed by atoms with E-state index in [0.717, 1.165) is 22.7 Å². The monoisotopic (exact) mass is 216 g/mol. The fraction of sp³-hybridized carbons (Fsp3) is 0.167. The first kappa shape index (κ1) is 10.4. The lowest BCUT2D eigenvalue weighted by Crippen LogP contribution is -1.92. The van der Waals surface area contributed by atoms with Crippen LogP contribution in [0, 0.1) is 13.8 Å². The summed E-state index contributed by atoms with van der Waals surface area (Å²) in [5.74, 6) is 1.43. The van der Waals surface area contributed by atoms with E-state index >= 15 is 0 Å². The van der Waals surface area contributed by atoms with Crippen molar-refractivity contribution in [1.82, 2.24) is 4.98 Å². The van der Waals surface area contributed by atoms with Crippen molar-refractivity contribution >= 4 is 12.1 Å². The van der Waals surface area contributed by atoms with Gasteiger partial charge in [-0.05, 0) is 38.1 Å². The second-order valence-electron chi connectivity index (χ2n) is 3.50. The summed E-state index contributed by atoms with van der Waals surface area (Å²) < 4.78 is 5.50. The van der Waals surface area contributed by atoms with E-state index in [1.807, 2.05) is 26.0 Å². The van der Waals surface area contributed by atoms with E-state index in [4.69, 9.17) is 4.42 Å². The second-order valence-corrected chi connectivity index (χ2v) is 3.50. The Hall–Kier alpha value is -2.10. The minimum atomic E-state index is 0.604. The van der Waals surface area contributed by atoms with E-state index in [0.29, 0.717) is 12.3 Å². The summed E-state index contributed by atoms with van der Waals surface area (Å²) in [6.45, 7) is 3.79. The summed E-state index contributed by atoms with van der Waals surface area (Å²) in [5, 5.41) is 2.57. The molecule has 4 heteroatoms. The Kier molecular flexibility index (Phi) is 2.72. The van der Waals surface area contributed by atoms with Gasteiger partial charge in [-0.3, -0.25) is 4.79 Å². The molecule has 0 fully saturated rings. The van der Waals surface area contributed by atoms with Gasteiger partial charge in [-0.25, -0.2) is 4.98 Å². The van der Waals surface area contributed by atoms with E-state index in [2.05, 4.69) is 10.3 Å². The maximum Gasteiger partial charge on any atom is 0.226 e. The molecule has 0 atom stereocenters. The number of carbonyl (C=O) groups excluding carboxylic acids is 1. The molecule has 82 valence electrons. The number of aryl methyl sites for hydroxylation is 2. The molecule has 2 aromatic rings. The van der Waals surface area contributed by atoms with E-state index in [1.54, 1.807) is 12.1 Å². The molecule has 16 heavy (non-hydrogen) atoms. The molecule has 0 aliphatic heterocycles. The van der Waals surface area contributed by atoms with Crippen LogP contribution in [0.25, 0.3) is 11.5 Å². The van der Waals surface area contributed by atoms with Crippen molar-refractivity contribution in [2.24, 2.45) is 0 Å². The van der Waals surface area contributed by atoms with Crippen LogP contribution >= 0.6 is 0 Å². The van der Waals surface area contributed by atoms with Crippen molar-refractivity contribution < 1.29 is 9.21 Å². The molecule has 0 saturated heterocycles. The zero-order valence-electron chi connectivity index (χ0n) is 9.15. The summed E-state index contributed by atoms with van der Waals surface area (Å²) in [4.78, 5) is 14.5. The Morgan fingerprint density at radius 2 is 1.94 bits per heavy atom. The molecule has 0 radical (unpaired) electrons. The van der Waals surface area contributed by atoms with Gasteiger partial charge in [0.15, 0.2) is 0 Å². The van der Waals surface area contributed by atoms with Gasteiger partial charge in [-0.15, -0.1) is 0 Å². The van der Waals surface area contributed by atoms with Crippen LogP contribution in [0.1, 0.15) is 11.5 Å². The Morgan fingerprint density at radius 3 is 2.44 bits per heavy atom. The maximum absolute atomic E-state index is 10.2. The van der Waals surface area contributed by atoms with Gasteiger partial charge >= 0.3 is 0 Å². The molecule has 1 aromatic heterocycles. The van der Waals surface area contributed by atoms with Crippen molar-refractivity contribution in [3.05, 3.63) is 35.7 Å². The first-order valence-corrected chi connectivity index (χ1v) is 4.95. The minimum Gasteiger partial charge on any atom is -0.441 e. The molecule has 0 unspecified atom stereocenters. The molecule has 0 aliphatic carbocycles. The number of aromatic nitrogens is 1. The number of anilines is 1. The Balaban J connectivity index is 2.30. The highest BCUT2D eigenvalue weighted by molar-refractivity contribution is 5.72. The normalized spacial score (nSPS) is 10.1. The van der Waals surface area contributed by atoms with Gasteiger partial charge in [0.2, 0.25) is 12.3 Å². The van der Waals surface area contributed by atoms with E-state index in [9.17, 15) is 4.79 Å². The first-order valence-electron chi connectivity index (χ1n) is 4.95. The maximum atomic E-state index is 10.2. The molecular formula is C12H12N2O2. The summed E-state index contributed by atoms with van der Waals surface area (Å²) in [6, 6.07) is 7.32. The molecule has 0 saturated carbocycles. The molecular weight excluding hydrogens is 204 g/mol. The Bertz CT molecular complexity index is 481. The van der Waals surface area contributed by atoms with Crippen molar-refractivity contribution in [1.29, 1.82) is 0 Å². The van der Waals surface area contributed by atoms with Gasteiger partial charge in [0, 0.05) is 11.3 Å². The number of amides is 1. The minimum absolute atomic E-state index is 0.604. The third-order valence-electron chi connectivity index (χ3n) is 2.39. The van der Waals surface area contributed by atoms with Crippen LogP contribution < -0.4 is 5.32 Å². The Labute approximate surface area is 93.3 Å². The number of hydrogen-bond acceptors (Lipinski definition) is 3. The lowest BCUT2D eigenvalue weighted by molar-refractivity contribution is -0.105. The summed E-state index contributed by atoms with van der Waals surface area (Å²) in [6.07, 6.45) is 0.647. The largest absolute Gasteiger partial charge is 0.441 e. The molecule has 0 aliphatic rings. The van der Waals surface area contributed by atoms with Gasteiger partial charge in [-0.2, -0.15) is 0 Å². The highest BCUT2D eigenvalue weighted by Crippen LogP contribution is 2.22. The smallest absolute Gasteiger partial charge is 0.226 e. The van der Waals surface area contributed by atoms with Gasteiger partial charge in [-0.1, -0.05) is 0 Å². The zero-order chi connectivity index (χ0) is 11.5. The summed E-state index contributed by atoms with van der Waals surface area (Å²) >= 11 is 0. The zero-order valence-corrected chi connectivity index (χ0v) is 9.15. The van der Waals surface area contributed by atoms with Crippen molar-refractivity contribution in [3.8, 4) is 11.5 Å². The van der Waals surface area contributed by atoms with Crippen molar-refractivity contribution in [2.75, 3.05) is 5.32 Å². The number of carbonyl (C=O) groups is 1. The Morgan fingerprint density at radius 1 is 1.25 bits per heavy atom. The average Bonchev–Trinajstić information content (AvgIpc) is 2.61. The summed E-state index contributed by atoms with van der Waals surface area (Å²) in [5.41, 5.74) is 2.54. The van der Waals surface area contributed by atoms with Crippen LogP contribution in [0.15, 0.2) is 28.7 Å². The molecule has 1 heterocycles. The fourth-order valence-electron chi connectivity index (χ4n) is 1.37. The van der Waals surface area contributed by atoms with E-state index in [1.165, 1.54) is 0 Å². The number of benzene rings is 1. The number of hydrogen-bond donors (Lipinski definition) is 1. The van der Waals surface area contributed by atoms with Crippen LogP contribution in [-0.4, -0.2) is 11.4 Å². The molecule has 1 N–H and O–H groups in total. The third-order valence-corrected chi connectivity index (χ3v) is 2.39. The van der Waals surface area contributed by atoms with Crippen LogP contribution in [0.4, 0.5) is 5.69 Å². The lowest BCUT2D eigenvalue weighted by atomic mass is 10.2. The predicted octanol–water partition coefficient (Wildman–Crippen LogP) is 2.53. The van der Waals surface area contributed by atoms with E-state index in [-0.39, 0.29) is 0 Å². The van der Waals surface area contributed by atoms with Crippen LogP contribution in [0.5, 0.6) is 0 Å². The highest BCUT2D eigenvalue weighted by Gasteiger charge is 2.07. The van der Waals surface area contributed by atoms with Gasteiger partial charge in [0.1, 0.15) is 5.76 Å². The number of oxazole rings is 1. The highest BCUT2D eigenvalue weighted by atomic mass is 16.4. The molecule has 1 aromatic carbocycles. The predicted molar refractivity (Wildman–Crippen MR) is 61.1 cm³/mol. The molecule has 2 rings (SSSR count). The quantitative estimate of drug-likeness (QED) is 0.802. The topological polar surface area (TPSA) is 55.1 Å². The first-order chi connectivity index (χ1) is 7.70. The third kappa shape index (κ3) is 1.95. The van der Waals surface area contributed by atoms with Crippen molar-refractivity contribution in [2.45, 2.75) is 13.8 Å². The molecule has 0 bridgehead atoms. The number of rotatable bonds is 3. The SMILES string of the molecule is Cc1nc(-c2ccc(NC=O)cc2)oc1C. The number of nitrogens with zero attached hydrogens (tertiary/aromatic N) is 1. The van der Waals surface area contributed by atoms with Gasteiger partial charge in [0.05, 0.1) is 5.69 Å². The molecule has 4 nitrogen and oxygen atoms in total. The van der Waals surface area contributed by atoms with Crippen LogP contribution in [0.3, 0.4) is 0 Å². The van der Waals surface area contributed by atoms with Gasteiger partial charge in [0.25, 0.3) is 0 Å². The lowest BCUT2D eigenvalue weighted by Gasteiger charge is -1.99. The standard InChI is InChI=1S/C12H12N2O2/c1-8-9(2)16-12(14-8)10-3-5-11(6-4-10)13-7-15/h3-7H,1-2H3,(H,13,15). The summed E-state index contributed by atoms with van der Waals surface area (Å²) in [7, 11) is 0. The number of nitrogens with one attached hydrogen (secondary N) is 1. The van der Waals surface area contributed by atoms with Gasteiger partial charge < -0.3 is 9.73 Å². The fourth-order valence-corrected chi connectivity index (χ4v) is 1.37. The van der Waals surface area contributed by atoms with E-state index < -0.39 is 0 Å². The second kappa shape index (κ2) is 4.18. The van der Waals surface area contributed by atoms with Crippen LogP contribution in [0.2, 0.25) is 0 Å². The van der Waals surface area contributed by atoms with Crippen LogP contribution in [-0.2, 0) is 4.79 Å². The molecule has 0 spiro atoms. The van der Waals surface area contributed by atoms with Crippen molar-refractivity contribution in [3.63, 3.8) is 0 Å².